The average Bonchev–Trinajstić information content (AvgIpc) is 2.66. The van der Waals surface area contributed by atoms with Crippen LogP contribution in [0.5, 0.6) is 0 Å². The van der Waals surface area contributed by atoms with E-state index in [9.17, 15) is 4.79 Å². The zero-order valence-corrected chi connectivity index (χ0v) is 14.9. The van der Waals surface area contributed by atoms with Gasteiger partial charge in [0.25, 0.3) is 5.91 Å². The van der Waals surface area contributed by atoms with Gasteiger partial charge in [-0.25, -0.2) is 0 Å². The van der Waals surface area contributed by atoms with Crippen molar-refractivity contribution in [3.63, 3.8) is 0 Å². The van der Waals surface area contributed by atoms with Crippen molar-refractivity contribution in [2.24, 2.45) is 0 Å². The van der Waals surface area contributed by atoms with Crippen molar-refractivity contribution in [2.75, 3.05) is 31.6 Å². The van der Waals surface area contributed by atoms with Crippen molar-refractivity contribution >= 4 is 17.3 Å². The molecule has 0 spiro atoms. The molecule has 2 N–H and O–H groups in total. The first-order valence-electron chi connectivity index (χ1n) is 9.33. The number of morpholine rings is 1. The van der Waals surface area contributed by atoms with Gasteiger partial charge < -0.3 is 15.4 Å². The number of para-hydroxylation sites is 2. The highest BCUT2D eigenvalue weighted by atomic mass is 16.5. The largest absolute Gasteiger partial charge is 0.379 e. The van der Waals surface area contributed by atoms with Gasteiger partial charge in [0.2, 0.25) is 0 Å². The molecule has 2 fully saturated rings. The van der Waals surface area contributed by atoms with Crippen molar-refractivity contribution in [3.05, 3.63) is 60.2 Å². The normalized spacial score (nSPS) is 23.1. The van der Waals surface area contributed by atoms with Crippen LogP contribution in [-0.2, 0) is 4.74 Å². The predicted octanol–water partition coefficient (Wildman–Crippen LogP) is 3.02. The Morgan fingerprint density at radius 1 is 0.962 bits per heavy atom. The summed E-state index contributed by atoms with van der Waals surface area (Å²) in [6.07, 6.45) is 2.06. The zero-order chi connectivity index (χ0) is 17.8. The molecule has 1 aliphatic carbocycles. The molecule has 1 amide bonds. The van der Waals surface area contributed by atoms with Crippen molar-refractivity contribution in [2.45, 2.75) is 24.9 Å². The molecule has 136 valence electrons. The van der Waals surface area contributed by atoms with E-state index in [0.717, 1.165) is 50.5 Å². The summed E-state index contributed by atoms with van der Waals surface area (Å²) in [5.74, 6) is -0.00513. The van der Waals surface area contributed by atoms with Gasteiger partial charge in [0.1, 0.15) is 0 Å². The minimum absolute atomic E-state index is 0.00513. The first-order valence-corrected chi connectivity index (χ1v) is 9.33. The Bertz CT molecular complexity index is 738. The van der Waals surface area contributed by atoms with Gasteiger partial charge in [-0.2, -0.15) is 0 Å². The molecule has 5 heteroatoms. The second-order valence-electron chi connectivity index (χ2n) is 6.98. The van der Waals surface area contributed by atoms with Crippen LogP contribution in [0.25, 0.3) is 0 Å². The number of ether oxygens (including phenoxy) is 1. The minimum Gasteiger partial charge on any atom is -0.379 e. The molecule has 1 heterocycles. The Labute approximate surface area is 154 Å². The van der Waals surface area contributed by atoms with Crippen LogP contribution >= 0.6 is 0 Å². The highest BCUT2D eigenvalue weighted by Gasteiger charge is 2.35. The Balaban J connectivity index is 1.35. The highest BCUT2D eigenvalue weighted by molar-refractivity contribution is 6.00. The summed E-state index contributed by atoms with van der Waals surface area (Å²) >= 11 is 0. The van der Waals surface area contributed by atoms with Gasteiger partial charge in [-0.05, 0) is 37.1 Å². The molecular weight excluding hydrogens is 326 g/mol. The highest BCUT2D eigenvalue weighted by Crippen LogP contribution is 2.27. The summed E-state index contributed by atoms with van der Waals surface area (Å²) in [6.45, 7) is 3.67. The van der Waals surface area contributed by atoms with Crippen LogP contribution in [0.15, 0.2) is 54.6 Å². The summed E-state index contributed by atoms with van der Waals surface area (Å²) in [6, 6.07) is 18.4. The van der Waals surface area contributed by atoms with Crippen LogP contribution in [-0.4, -0.2) is 49.2 Å². The summed E-state index contributed by atoms with van der Waals surface area (Å²) < 4.78 is 5.41. The molecule has 0 radical (unpaired) electrons. The van der Waals surface area contributed by atoms with Crippen LogP contribution in [0.2, 0.25) is 0 Å². The van der Waals surface area contributed by atoms with E-state index in [2.05, 4.69) is 15.5 Å². The van der Waals surface area contributed by atoms with Crippen LogP contribution in [0.3, 0.4) is 0 Å². The monoisotopic (exact) mass is 351 g/mol. The molecule has 1 saturated carbocycles. The molecule has 0 aromatic heterocycles. The number of carbonyl (C=O) groups excluding carboxylic acids is 1. The van der Waals surface area contributed by atoms with Crippen molar-refractivity contribution in [3.8, 4) is 0 Å². The second-order valence-corrected chi connectivity index (χ2v) is 6.98. The third-order valence-corrected chi connectivity index (χ3v) is 5.23. The smallest absolute Gasteiger partial charge is 0.253 e. The molecule has 5 nitrogen and oxygen atoms in total. The lowest BCUT2D eigenvalue weighted by atomic mass is 9.85. The minimum atomic E-state index is -0.00513. The quantitative estimate of drug-likeness (QED) is 0.869. The second kappa shape index (κ2) is 7.89. The van der Waals surface area contributed by atoms with Gasteiger partial charge in [-0.3, -0.25) is 9.69 Å². The van der Waals surface area contributed by atoms with Crippen LogP contribution in [0.1, 0.15) is 23.2 Å². The molecule has 0 unspecified atom stereocenters. The molecular formula is C21H25N3O2. The Hall–Kier alpha value is -2.37. The third kappa shape index (κ3) is 3.89. The number of hydrogen-bond acceptors (Lipinski definition) is 4. The summed E-state index contributed by atoms with van der Waals surface area (Å²) in [5, 5.41) is 6.53. The first-order chi connectivity index (χ1) is 12.8. The van der Waals surface area contributed by atoms with E-state index in [1.54, 1.807) is 0 Å². The number of nitrogens with zero attached hydrogens (tertiary/aromatic N) is 1. The van der Waals surface area contributed by atoms with Crippen molar-refractivity contribution < 1.29 is 9.53 Å². The lowest BCUT2D eigenvalue weighted by Crippen LogP contribution is -2.56. The lowest BCUT2D eigenvalue weighted by Gasteiger charge is -2.44. The molecule has 1 aliphatic heterocycles. The van der Waals surface area contributed by atoms with E-state index in [-0.39, 0.29) is 11.9 Å². The molecule has 1 saturated heterocycles. The molecule has 2 aliphatic rings. The topological polar surface area (TPSA) is 53.6 Å². The van der Waals surface area contributed by atoms with Gasteiger partial charge >= 0.3 is 0 Å². The van der Waals surface area contributed by atoms with Crippen molar-refractivity contribution in [1.82, 2.24) is 10.2 Å². The van der Waals surface area contributed by atoms with Crippen LogP contribution in [0.4, 0.5) is 11.4 Å². The van der Waals surface area contributed by atoms with Crippen LogP contribution < -0.4 is 10.6 Å². The Kier molecular flexibility index (Phi) is 5.18. The predicted molar refractivity (Wildman–Crippen MR) is 103 cm³/mol. The molecule has 2 aromatic rings. The van der Waals surface area contributed by atoms with Gasteiger partial charge in [0.15, 0.2) is 0 Å². The number of anilines is 2. The Morgan fingerprint density at radius 2 is 1.65 bits per heavy atom. The number of nitrogens with one attached hydrogen (secondary N) is 2. The van der Waals surface area contributed by atoms with Gasteiger partial charge in [0, 0.05) is 30.9 Å². The van der Waals surface area contributed by atoms with Gasteiger partial charge in [0.05, 0.1) is 24.5 Å². The van der Waals surface area contributed by atoms with Crippen molar-refractivity contribution in [1.29, 1.82) is 0 Å². The number of rotatable bonds is 5. The van der Waals surface area contributed by atoms with E-state index >= 15 is 0 Å². The Morgan fingerprint density at radius 3 is 2.42 bits per heavy atom. The third-order valence-electron chi connectivity index (χ3n) is 5.23. The van der Waals surface area contributed by atoms with Gasteiger partial charge in [-0.1, -0.05) is 30.3 Å². The fourth-order valence-electron chi connectivity index (χ4n) is 3.68. The summed E-state index contributed by atoms with van der Waals surface area (Å²) in [5.41, 5.74) is 2.50. The number of hydrogen-bond donors (Lipinski definition) is 2. The van der Waals surface area contributed by atoms with E-state index in [1.165, 1.54) is 0 Å². The van der Waals surface area contributed by atoms with E-state index < -0.39 is 0 Å². The van der Waals surface area contributed by atoms with E-state index in [1.807, 2.05) is 54.6 Å². The zero-order valence-electron chi connectivity index (χ0n) is 14.9. The molecule has 26 heavy (non-hydrogen) atoms. The fraction of sp³-hybridized carbons (Fsp3) is 0.381. The average molecular weight is 351 g/mol. The summed E-state index contributed by atoms with van der Waals surface area (Å²) in [7, 11) is 0. The first kappa shape index (κ1) is 17.1. The molecule has 2 aromatic carbocycles. The molecule has 4 rings (SSSR count). The van der Waals surface area contributed by atoms with Gasteiger partial charge in [-0.15, -0.1) is 0 Å². The number of amides is 1. The maximum Gasteiger partial charge on any atom is 0.253 e. The standard InChI is InChI=1S/C21H25N3O2/c25-21(23-17-14-18(15-17)24-10-12-26-13-11-24)19-8-4-5-9-20(19)22-16-6-2-1-3-7-16/h1-9,17-18,22H,10-15H2,(H,23,25). The molecule has 0 bridgehead atoms. The maximum atomic E-state index is 12.8. The SMILES string of the molecule is O=C(NC1CC(N2CCOCC2)C1)c1ccccc1Nc1ccccc1. The summed E-state index contributed by atoms with van der Waals surface area (Å²) in [4.78, 5) is 15.2. The fourth-order valence-corrected chi connectivity index (χ4v) is 3.68. The number of carbonyl (C=O) groups is 1. The van der Waals surface area contributed by atoms with E-state index in [0.29, 0.717) is 11.6 Å². The van der Waals surface area contributed by atoms with Crippen LogP contribution in [0, 0.1) is 0 Å². The lowest BCUT2D eigenvalue weighted by molar-refractivity contribution is -0.00949. The number of benzene rings is 2. The van der Waals surface area contributed by atoms with E-state index in [4.69, 9.17) is 4.74 Å². The molecule has 0 atom stereocenters. The maximum absolute atomic E-state index is 12.8.